The van der Waals surface area contributed by atoms with E-state index in [0.717, 1.165) is 5.56 Å². The Morgan fingerprint density at radius 1 is 1.50 bits per heavy atom. The predicted molar refractivity (Wildman–Crippen MR) is 75.3 cm³/mol. The average molecular weight is 265 g/mol. The molecule has 1 saturated heterocycles. The lowest BCUT2D eigenvalue weighted by Crippen LogP contribution is -2.32. The maximum absolute atomic E-state index is 12.0. The summed E-state index contributed by atoms with van der Waals surface area (Å²) in [5, 5.41) is 13.3. The van der Waals surface area contributed by atoms with Crippen LogP contribution in [0.3, 0.4) is 0 Å². The van der Waals surface area contributed by atoms with Crippen molar-refractivity contribution in [2.45, 2.75) is 31.4 Å². The molecule has 1 fully saturated rings. The lowest BCUT2D eigenvalue weighted by molar-refractivity contribution is 0.0950. The summed E-state index contributed by atoms with van der Waals surface area (Å²) in [7, 11) is 0. The number of aromatic hydroxyl groups is 1. The third kappa shape index (κ3) is 3.19. The minimum absolute atomic E-state index is 0.0892. The van der Waals surface area contributed by atoms with E-state index in [9.17, 15) is 9.90 Å². The number of rotatable bonds is 3. The molecule has 98 valence electrons. The van der Waals surface area contributed by atoms with Gasteiger partial charge in [-0.25, -0.2) is 0 Å². The highest BCUT2D eigenvalue weighted by atomic mass is 32.2. The number of nitrogens with one attached hydrogen (secondary N) is 1. The standard InChI is InChI=1S/C14H19NO2S/c1-10-5-4-7-12(13(10)16)14(17)15-9-11-6-2-3-8-18-11/h4-5,7,11,16H,2-3,6,8-9H2,1H3,(H,15,17). The number of phenolic OH excluding ortho intramolecular Hbond substituents is 1. The molecular weight excluding hydrogens is 246 g/mol. The van der Waals surface area contributed by atoms with Gasteiger partial charge in [-0.05, 0) is 37.1 Å². The van der Waals surface area contributed by atoms with Gasteiger partial charge < -0.3 is 10.4 Å². The van der Waals surface area contributed by atoms with Crippen molar-refractivity contribution in [2.24, 2.45) is 0 Å². The highest BCUT2D eigenvalue weighted by molar-refractivity contribution is 7.99. The Bertz CT molecular complexity index is 428. The fourth-order valence-electron chi connectivity index (χ4n) is 2.11. The van der Waals surface area contributed by atoms with Crippen LogP contribution in [0.5, 0.6) is 5.75 Å². The molecule has 4 heteroatoms. The summed E-state index contributed by atoms with van der Waals surface area (Å²) in [6, 6.07) is 5.24. The average Bonchev–Trinajstić information content (AvgIpc) is 2.40. The first kappa shape index (κ1) is 13.3. The van der Waals surface area contributed by atoms with Crippen LogP contribution in [0.1, 0.15) is 35.2 Å². The molecule has 2 rings (SSSR count). The van der Waals surface area contributed by atoms with Gasteiger partial charge in [0.15, 0.2) is 0 Å². The smallest absolute Gasteiger partial charge is 0.255 e. The molecule has 0 saturated carbocycles. The fraction of sp³-hybridized carbons (Fsp3) is 0.500. The highest BCUT2D eigenvalue weighted by Crippen LogP contribution is 2.25. The molecule has 1 heterocycles. The second kappa shape index (κ2) is 6.14. The Morgan fingerprint density at radius 2 is 2.33 bits per heavy atom. The number of aryl methyl sites for hydroxylation is 1. The largest absolute Gasteiger partial charge is 0.507 e. The van der Waals surface area contributed by atoms with Gasteiger partial charge in [-0.3, -0.25) is 4.79 Å². The quantitative estimate of drug-likeness (QED) is 0.883. The highest BCUT2D eigenvalue weighted by Gasteiger charge is 2.17. The van der Waals surface area contributed by atoms with Gasteiger partial charge in [-0.2, -0.15) is 11.8 Å². The Hall–Kier alpha value is -1.16. The Labute approximate surface area is 112 Å². The number of benzene rings is 1. The van der Waals surface area contributed by atoms with Crippen molar-refractivity contribution >= 4 is 17.7 Å². The van der Waals surface area contributed by atoms with Crippen LogP contribution in [0.4, 0.5) is 0 Å². The van der Waals surface area contributed by atoms with Gasteiger partial charge in [0.2, 0.25) is 0 Å². The summed E-state index contributed by atoms with van der Waals surface area (Å²) in [5.74, 6) is 1.10. The molecule has 1 atom stereocenters. The number of carbonyl (C=O) groups is 1. The van der Waals surface area contributed by atoms with Crippen LogP contribution in [0, 0.1) is 6.92 Å². The first-order chi connectivity index (χ1) is 8.68. The molecule has 0 bridgehead atoms. The number of thioether (sulfide) groups is 1. The molecule has 0 radical (unpaired) electrons. The topological polar surface area (TPSA) is 49.3 Å². The van der Waals surface area contributed by atoms with E-state index in [0.29, 0.717) is 17.4 Å². The molecule has 1 aromatic carbocycles. The van der Waals surface area contributed by atoms with Crippen molar-refractivity contribution < 1.29 is 9.90 Å². The molecule has 0 aromatic heterocycles. The number of hydrogen-bond donors (Lipinski definition) is 2. The molecule has 0 aliphatic carbocycles. The first-order valence-corrected chi connectivity index (χ1v) is 7.41. The van der Waals surface area contributed by atoms with Crippen molar-refractivity contribution in [3.05, 3.63) is 29.3 Å². The van der Waals surface area contributed by atoms with Crippen LogP contribution in [-0.4, -0.2) is 28.6 Å². The summed E-state index contributed by atoms with van der Waals surface area (Å²) >= 11 is 1.93. The van der Waals surface area contributed by atoms with E-state index in [1.807, 2.05) is 11.8 Å². The zero-order valence-corrected chi connectivity index (χ0v) is 11.4. The molecule has 18 heavy (non-hydrogen) atoms. The van der Waals surface area contributed by atoms with E-state index in [1.54, 1.807) is 25.1 Å². The van der Waals surface area contributed by atoms with Crippen molar-refractivity contribution in [3.8, 4) is 5.75 Å². The second-order valence-electron chi connectivity index (χ2n) is 4.67. The minimum Gasteiger partial charge on any atom is -0.507 e. The Morgan fingerprint density at radius 3 is 3.06 bits per heavy atom. The normalized spacial score (nSPS) is 19.5. The summed E-state index contributed by atoms with van der Waals surface area (Å²) < 4.78 is 0. The number of amides is 1. The molecule has 1 amide bonds. The number of para-hydroxylation sites is 1. The molecule has 1 aliphatic heterocycles. The van der Waals surface area contributed by atoms with E-state index < -0.39 is 0 Å². The van der Waals surface area contributed by atoms with Crippen molar-refractivity contribution in [3.63, 3.8) is 0 Å². The SMILES string of the molecule is Cc1cccc(C(=O)NCC2CCCCS2)c1O. The van der Waals surface area contributed by atoms with Crippen molar-refractivity contribution in [1.29, 1.82) is 0 Å². The molecule has 1 aliphatic rings. The van der Waals surface area contributed by atoms with Crippen LogP contribution in [0.15, 0.2) is 18.2 Å². The lowest BCUT2D eigenvalue weighted by Gasteiger charge is -2.21. The van der Waals surface area contributed by atoms with Gasteiger partial charge in [0.25, 0.3) is 5.91 Å². The van der Waals surface area contributed by atoms with Crippen molar-refractivity contribution in [2.75, 3.05) is 12.3 Å². The zero-order chi connectivity index (χ0) is 13.0. The van der Waals surface area contributed by atoms with Gasteiger partial charge in [-0.15, -0.1) is 0 Å². The minimum atomic E-state index is -0.178. The van der Waals surface area contributed by atoms with E-state index >= 15 is 0 Å². The van der Waals surface area contributed by atoms with Crippen LogP contribution in [0.25, 0.3) is 0 Å². The molecule has 1 unspecified atom stereocenters. The maximum atomic E-state index is 12.0. The summed E-state index contributed by atoms with van der Waals surface area (Å²) in [6.07, 6.45) is 3.71. The van der Waals surface area contributed by atoms with Crippen LogP contribution < -0.4 is 5.32 Å². The zero-order valence-electron chi connectivity index (χ0n) is 10.6. The number of carbonyl (C=O) groups excluding carboxylic acids is 1. The maximum Gasteiger partial charge on any atom is 0.255 e. The summed E-state index contributed by atoms with van der Waals surface area (Å²) in [5.41, 5.74) is 1.10. The molecule has 1 aromatic rings. The van der Waals surface area contributed by atoms with Gasteiger partial charge >= 0.3 is 0 Å². The summed E-state index contributed by atoms with van der Waals surface area (Å²) in [4.78, 5) is 12.0. The molecule has 3 nitrogen and oxygen atoms in total. The van der Waals surface area contributed by atoms with E-state index in [2.05, 4.69) is 5.32 Å². The van der Waals surface area contributed by atoms with Gasteiger partial charge in [-0.1, -0.05) is 18.6 Å². The second-order valence-corrected chi connectivity index (χ2v) is 6.08. The van der Waals surface area contributed by atoms with Gasteiger partial charge in [0, 0.05) is 11.8 Å². The van der Waals surface area contributed by atoms with E-state index in [4.69, 9.17) is 0 Å². The van der Waals surface area contributed by atoms with E-state index in [-0.39, 0.29) is 11.7 Å². The first-order valence-electron chi connectivity index (χ1n) is 6.37. The monoisotopic (exact) mass is 265 g/mol. The van der Waals surface area contributed by atoms with Crippen LogP contribution in [0.2, 0.25) is 0 Å². The summed E-state index contributed by atoms with van der Waals surface area (Å²) in [6.45, 7) is 2.49. The Balaban J connectivity index is 1.93. The molecule has 2 N–H and O–H groups in total. The van der Waals surface area contributed by atoms with Gasteiger partial charge in [0.05, 0.1) is 5.56 Å². The molecular formula is C14H19NO2S. The van der Waals surface area contributed by atoms with Crippen molar-refractivity contribution in [1.82, 2.24) is 5.32 Å². The third-order valence-corrected chi connectivity index (χ3v) is 4.64. The van der Waals surface area contributed by atoms with E-state index in [1.165, 1.54) is 25.0 Å². The predicted octanol–water partition coefficient (Wildman–Crippen LogP) is 2.72. The third-order valence-electron chi connectivity index (χ3n) is 3.25. The Kier molecular flexibility index (Phi) is 4.53. The molecule has 0 spiro atoms. The lowest BCUT2D eigenvalue weighted by atomic mass is 10.1. The van der Waals surface area contributed by atoms with Crippen LogP contribution >= 0.6 is 11.8 Å². The van der Waals surface area contributed by atoms with Crippen LogP contribution in [-0.2, 0) is 0 Å². The number of phenols is 1. The fourth-order valence-corrected chi connectivity index (χ4v) is 3.35. The number of hydrogen-bond acceptors (Lipinski definition) is 3. The van der Waals surface area contributed by atoms with Gasteiger partial charge in [0.1, 0.15) is 5.75 Å².